The van der Waals surface area contributed by atoms with Crippen LogP contribution in [0, 0.1) is 6.54 Å². The van der Waals surface area contributed by atoms with Crippen LogP contribution < -0.4 is 5.59 Å². The minimum atomic E-state index is -0.694. The normalized spacial score (nSPS) is 24.9. The molecule has 0 aromatic rings. The highest BCUT2D eigenvalue weighted by Crippen LogP contribution is 2.09. The Labute approximate surface area is 99.0 Å². The average molecular weight is 242 g/mol. The summed E-state index contributed by atoms with van der Waals surface area (Å²) in [5.74, 6) is 0.0509. The third kappa shape index (κ3) is 3.37. The van der Waals surface area contributed by atoms with Gasteiger partial charge in [-0.3, -0.25) is 0 Å². The topological polar surface area (TPSA) is 75.6 Å². The summed E-state index contributed by atoms with van der Waals surface area (Å²) < 4.78 is 9.87. The van der Waals surface area contributed by atoms with Crippen molar-refractivity contribution in [1.29, 1.82) is 0 Å². The highest BCUT2D eigenvalue weighted by Gasteiger charge is 2.29. The van der Waals surface area contributed by atoms with Crippen molar-refractivity contribution >= 4 is 12.0 Å². The molecule has 8 heteroatoms. The molecule has 0 aromatic carbocycles. The fourth-order valence-corrected chi connectivity index (χ4v) is 1.39. The van der Waals surface area contributed by atoms with Crippen LogP contribution in [0.1, 0.15) is 6.92 Å². The average Bonchev–Trinajstić information content (AvgIpc) is 2.79. The van der Waals surface area contributed by atoms with Gasteiger partial charge in [0.1, 0.15) is 0 Å². The van der Waals surface area contributed by atoms with E-state index in [-0.39, 0.29) is 12.5 Å². The Bertz CT molecular complexity index is 303. The number of aliphatic imine (C=N–C) groups is 1. The number of carbonyl (C=O) groups excluding carboxylic acids is 1. The first-order valence-corrected chi connectivity index (χ1v) is 5.37. The second-order valence-corrected chi connectivity index (χ2v) is 3.30. The standard InChI is InChI=1S/C9H14N4O4/c1-2-16-9(14)10-8-7-13(11-17-8)12-3-5-15-6-4-12/h11H,2-6H2,1H3/b10-8-. The molecule has 0 spiro atoms. The quantitative estimate of drug-likeness (QED) is 0.704. The fourth-order valence-electron chi connectivity index (χ4n) is 1.39. The van der Waals surface area contributed by atoms with Crippen LogP contribution in [0.15, 0.2) is 4.99 Å². The van der Waals surface area contributed by atoms with Gasteiger partial charge in [0.05, 0.1) is 19.8 Å². The molecular formula is C9H14N4O4. The van der Waals surface area contributed by atoms with Crippen molar-refractivity contribution in [2.24, 2.45) is 4.99 Å². The van der Waals surface area contributed by atoms with Gasteiger partial charge < -0.3 is 14.3 Å². The summed E-state index contributed by atoms with van der Waals surface area (Å²) in [6.07, 6.45) is -0.694. The lowest BCUT2D eigenvalue weighted by atomic mass is 10.5. The molecule has 1 amide bonds. The zero-order chi connectivity index (χ0) is 12.1. The number of morpholine rings is 1. The fraction of sp³-hybridized carbons (Fsp3) is 0.667. The van der Waals surface area contributed by atoms with Gasteiger partial charge in [0.25, 0.3) is 5.90 Å². The van der Waals surface area contributed by atoms with Crippen molar-refractivity contribution in [2.75, 3.05) is 32.9 Å². The summed E-state index contributed by atoms with van der Waals surface area (Å²) >= 11 is 0. The van der Waals surface area contributed by atoms with E-state index >= 15 is 0 Å². The SMILES string of the molecule is CCOC(=O)/N=C1/[C]N(N2CCOCC2)NO1. The molecule has 0 aromatic heterocycles. The minimum Gasteiger partial charge on any atom is -0.448 e. The number of amides is 1. The predicted octanol–water partition coefficient (Wildman–Crippen LogP) is -0.421. The molecule has 0 bridgehead atoms. The number of rotatable bonds is 2. The molecule has 0 atom stereocenters. The number of hydrogen-bond donors (Lipinski definition) is 1. The second-order valence-electron chi connectivity index (χ2n) is 3.30. The summed E-state index contributed by atoms with van der Waals surface area (Å²) in [7, 11) is 0. The van der Waals surface area contributed by atoms with E-state index in [1.165, 1.54) is 5.12 Å². The maximum Gasteiger partial charge on any atom is 0.436 e. The summed E-state index contributed by atoms with van der Waals surface area (Å²) in [4.78, 5) is 19.6. The maximum absolute atomic E-state index is 11.1. The van der Waals surface area contributed by atoms with E-state index in [4.69, 9.17) is 9.57 Å². The Kier molecular flexibility index (Phi) is 4.26. The zero-order valence-corrected chi connectivity index (χ0v) is 9.51. The van der Waals surface area contributed by atoms with Crippen LogP contribution in [-0.4, -0.2) is 55.0 Å². The summed E-state index contributed by atoms with van der Waals surface area (Å²) in [5.41, 5.74) is 2.58. The van der Waals surface area contributed by atoms with E-state index in [9.17, 15) is 4.79 Å². The predicted molar refractivity (Wildman–Crippen MR) is 56.2 cm³/mol. The van der Waals surface area contributed by atoms with E-state index in [0.717, 1.165) is 13.1 Å². The molecule has 8 nitrogen and oxygen atoms in total. The van der Waals surface area contributed by atoms with Crippen molar-refractivity contribution in [3.05, 3.63) is 6.54 Å². The zero-order valence-electron chi connectivity index (χ0n) is 9.51. The van der Waals surface area contributed by atoms with Crippen molar-refractivity contribution < 1.29 is 19.1 Å². The largest absolute Gasteiger partial charge is 0.448 e. The number of nitrogens with one attached hydrogen (secondary N) is 1. The van der Waals surface area contributed by atoms with Crippen LogP contribution in [0.25, 0.3) is 0 Å². The van der Waals surface area contributed by atoms with Crippen LogP contribution in [0.3, 0.4) is 0 Å². The smallest absolute Gasteiger partial charge is 0.436 e. The number of nitrogens with zero attached hydrogens (tertiary/aromatic N) is 3. The third-order valence-electron chi connectivity index (χ3n) is 2.16. The highest BCUT2D eigenvalue weighted by molar-refractivity contribution is 5.93. The van der Waals surface area contributed by atoms with Crippen molar-refractivity contribution in [3.8, 4) is 0 Å². The van der Waals surface area contributed by atoms with Crippen LogP contribution in [0.4, 0.5) is 4.79 Å². The van der Waals surface area contributed by atoms with Gasteiger partial charge in [-0.25, -0.2) is 9.80 Å². The molecule has 2 rings (SSSR count). The second kappa shape index (κ2) is 5.92. The minimum absolute atomic E-state index is 0.0509. The molecule has 1 N–H and O–H groups in total. The molecular weight excluding hydrogens is 228 g/mol. The summed E-state index contributed by atoms with van der Waals surface area (Å²) in [6.45, 7) is 7.47. The molecule has 94 valence electrons. The summed E-state index contributed by atoms with van der Waals surface area (Å²) in [6, 6.07) is 0. The molecule has 2 saturated heterocycles. The highest BCUT2D eigenvalue weighted by atomic mass is 16.7. The maximum atomic E-state index is 11.1. The van der Waals surface area contributed by atoms with Gasteiger partial charge in [0.15, 0.2) is 6.54 Å². The van der Waals surface area contributed by atoms with E-state index in [1.54, 1.807) is 6.92 Å². The number of hydrazine groups is 2. The first kappa shape index (κ1) is 12.2. The van der Waals surface area contributed by atoms with E-state index < -0.39 is 6.09 Å². The van der Waals surface area contributed by atoms with Crippen molar-refractivity contribution in [1.82, 2.24) is 15.7 Å². The van der Waals surface area contributed by atoms with E-state index in [2.05, 4.69) is 21.9 Å². The molecule has 0 saturated carbocycles. The van der Waals surface area contributed by atoms with Gasteiger partial charge in [-0.1, -0.05) is 5.59 Å². The van der Waals surface area contributed by atoms with Crippen LogP contribution in [-0.2, 0) is 14.3 Å². The van der Waals surface area contributed by atoms with Gasteiger partial charge in [-0.05, 0) is 6.92 Å². The third-order valence-corrected chi connectivity index (χ3v) is 2.16. The monoisotopic (exact) mass is 242 g/mol. The van der Waals surface area contributed by atoms with Gasteiger partial charge in [-0.15, -0.1) is 10.1 Å². The number of ether oxygens (including phenoxy) is 2. The molecule has 2 radical (unpaired) electrons. The molecule has 17 heavy (non-hydrogen) atoms. The first-order chi connectivity index (χ1) is 8.29. The van der Waals surface area contributed by atoms with Gasteiger partial charge in [0.2, 0.25) is 0 Å². The van der Waals surface area contributed by atoms with Crippen LogP contribution in [0.5, 0.6) is 0 Å². The molecule has 0 unspecified atom stereocenters. The lowest BCUT2D eigenvalue weighted by Gasteiger charge is -2.31. The lowest BCUT2D eigenvalue weighted by Crippen LogP contribution is -2.50. The van der Waals surface area contributed by atoms with Crippen LogP contribution >= 0.6 is 0 Å². The molecule has 2 fully saturated rings. The summed E-state index contributed by atoms with van der Waals surface area (Å²) in [5, 5.41) is 3.44. The van der Waals surface area contributed by atoms with Gasteiger partial charge in [-0.2, -0.15) is 0 Å². The lowest BCUT2D eigenvalue weighted by molar-refractivity contribution is -0.133. The van der Waals surface area contributed by atoms with Gasteiger partial charge >= 0.3 is 6.09 Å². The van der Waals surface area contributed by atoms with Crippen molar-refractivity contribution in [3.63, 3.8) is 0 Å². The van der Waals surface area contributed by atoms with E-state index in [0.29, 0.717) is 13.2 Å². The molecule has 2 aliphatic heterocycles. The first-order valence-electron chi connectivity index (χ1n) is 5.37. The Hall–Kier alpha value is -1.22. The van der Waals surface area contributed by atoms with Gasteiger partial charge in [0, 0.05) is 13.1 Å². The Morgan fingerprint density at radius 2 is 2.35 bits per heavy atom. The number of carbonyl (C=O) groups is 1. The van der Waals surface area contributed by atoms with Crippen molar-refractivity contribution in [2.45, 2.75) is 6.92 Å². The Morgan fingerprint density at radius 3 is 3.06 bits per heavy atom. The van der Waals surface area contributed by atoms with Crippen LogP contribution in [0.2, 0.25) is 0 Å². The molecule has 2 heterocycles. The Balaban J connectivity index is 1.84. The molecule has 2 aliphatic rings. The Morgan fingerprint density at radius 1 is 1.59 bits per heavy atom. The van der Waals surface area contributed by atoms with E-state index in [1.807, 2.05) is 5.01 Å². The molecule has 0 aliphatic carbocycles. The number of hydrogen-bond acceptors (Lipinski definition) is 7.